The van der Waals surface area contributed by atoms with Gasteiger partial charge in [-0.3, -0.25) is 19.7 Å². The number of nitrogens with zero attached hydrogens (tertiary/aromatic N) is 4. The molecule has 0 saturated heterocycles. The predicted molar refractivity (Wildman–Crippen MR) is 78.6 cm³/mol. The molecule has 3 rings (SSSR count). The Bertz CT molecular complexity index is 783. The van der Waals surface area contributed by atoms with Gasteiger partial charge in [-0.25, -0.2) is 9.97 Å². The fourth-order valence-corrected chi connectivity index (χ4v) is 2.65. The average molecular weight is 313 g/mol. The van der Waals surface area contributed by atoms with Crippen molar-refractivity contribution >= 4 is 22.9 Å². The molecule has 3 aromatic heterocycles. The van der Waals surface area contributed by atoms with Gasteiger partial charge in [0.25, 0.3) is 5.78 Å². The molecule has 0 spiro atoms. The number of pyridine rings is 1. The maximum atomic E-state index is 11.9. The second kappa shape index (κ2) is 6.35. The molecule has 0 radical (unpaired) electrons. The molecule has 110 valence electrons. The molecule has 1 N–H and O–H groups in total. The van der Waals surface area contributed by atoms with Gasteiger partial charge in [0.05, 0.1) is 12.1 Å². The van der Waals surface area contributed by atoms with E-state index in [1.54, 1.807) is 6.20 Å². The summed E-state index contributed by atoms with van der Waals surface area (Å²) < 4.78 is 0. The number of ketones is 2. The molecule has 3 heterocycles. The number of carbonyl (C=O) groups is 2. The highest BCUT2D eigenvalue weighted by Crippen LogP contribution is 2.14. The zero-order chi connectivity index (χ0) is 15.4. The summed E-state index contributed by atoms with van der Waals surface area (Å²) in [4.78, 5) is 35.9. The minimum absolute atomic E-state index is 0.0414. The Morgan fingerprint density at radius 3 is 2.82 bits per heavy atom. The molecule has 3 aromatic rings. The highest BCUT2D eigenvalue weighted by atomic mass is 32.1. The Hall–Kier alpha value is -2.74. The molecule has 0 fully saturated rings. The van der Waals surface area contributed by atoms with Crippen molar-refractivity contribution in [2.24, 2.45) is 0 Å². The Morgan fingerprint density at radius 2 is 2.09 bits per heavy atom. The van der Waals surface area contributed by atoms with Gasteiger partial charge in [-0.15, -0.1) is 16.4 Å². The molecule has 0 saturated carbocycles. The quantitative estimate of drug-likeness (QED) is 0.542. The zero-order valence-electron chi connectivity index (χ0n) is 11.4. The molecule has 0 atom stereocenters. The van der Waals surface area contributed by atoms with E-state index in [-0.39, 0.29) is 12.2 Å². The van der Waals surface area contributed by atoms with Gasteiger partial charge in [-0.05, 0) is 12.1 Å². The molecule has 7 nitrogen and oxygen atoms in total. The van der Waals surface area contributed by atoms with Crippen LogP contribution in [-0.2, 0) is 17.6 Å². The molecule has 8 heteroatoms. The average Bonchev–Trinajstić information content (AvgIpc) is 3.19. The number of carbonyl (C=O) groups excluding carboxylic acids is 2. The van der Waals surface area contributed by atoms with E-state index in [1.165, 1.54) is 17.7 Å². The van der Waals surface area contributed by atoms with Crippen molar-refractivity contribution < 1.29 is 9.59 Å². The van der Waals surface area contributed by atoms with Crippen molar-refractivity contribution in [3.05, 3.63) is 58.3 Å². The van der Waals surface area contributed by atoms with Crippen LogP contribution < -0.4 is 0 Å². The van der Waals surface area contributed by atoms with Crippen LogP contribution in [0.15, 0.2) is 36.1 Å². The summed E-state index contributed by atoms with van der Waals surface area (Å²) in [6, 6.07) is 5.68. The first-order valence-electron chi connectivity index (χ1n) is 6.49. The summed E-state index contributed by atoms with van der Waals surface area (Å²) in [5.74, 6) is -1.39. The number of thiazole rings is 1. The topological polar surface area (TPSA) is 101 Å². The Labute approximate surface area is 129 Å². The van der Waals surface area contributed by atoms with E-state index >= 15 is 0 Å². The van der Waals surface area contributed by atoms with Gasteiger partial charge < -0.3 is 0 Å². The first kappa shape index (κ1) is 14.2. The third-order valence-electron chi connectivity index (χ3n) is 2.87. The minimum Gasteiger partial charge on any atom is -0.290 e. The van der Waals surface area contributed by atoms with E-state index in [2.05, 4.69) is 25.1 Å². The number of hydrogen-bond donors (Lipinski definition) is 1. The van der Waals surface area contributed by atoms with E-state index in [9.17, 15) is 9.59 Å². The summed E-state index contributed by atoms with van der Waals surface area (Å²) >= 11 is 1.35. The number of aromatic nitrogens is 5. The van der Waals surface area contributed by atoms with Crippen molar-refractivity contribution in [1.82, 2.24) is 25.1 Å². The van der Waals surface area contributed by atoms with Gasteiger partial charge in [-0.1, -0.05) is 6.07 Å². The third-order valence-corrected chi connectivity index (χ3v) is 3.77. The van der Waals surface area contributed by atoms with E-state index in [4.69, 9.17) is 0 Å². The molecule has 0 amide bonds. The Kier molecular flexibility index (Phi) is 4.10. The first-order chi connectivity index (χ1) is 10.7. The third kappa shape index (κ3) is 3.29. The van der Waals surface area contributed by atoms with E-state index in [0.717, 1.165) is 11.4 Å². The molecule has 0 aromatic carbocycles. The molecule has 0 aliphatic heterocycles. The van der Waals surface area contributed by atoms with Gasteiger partial charge in [0.15, 0.2) is 0 Å². The lowest BCUT2D eigenvalue weighted by Crippen LogP contribution is -2.18. The maximum Gasteiger partial charge on any atom is 0.268 e. The largest absolute Gasteiger partial charge is 0.290 e. The Balaban J connectivity index is 1.64. The van der Waals surface area contributed by atoms with Gasteiger partial charge in [0.1, 0.15) is 11.3 Å². The van der Waals surface area contributed by atoms with Crippen molar-refractivity contribution in [3.8, 4) is 0 Å². The van der Waals surface area contributed by atoms with Crippen LogP contribution in [0.25, 0.3) is 0 Å². The number of Topliss-reactive ketones (excluding diaryl/α,β-unsaturated/α-hetero) is 2. The molecular weight excluding hydrogens is 302 g/mol. The summed E-state index contributed by atoms with van der Waals surface area (Å²) in [7, 11) is 0. The SMILES string of the molecule is O=C(Cc1nc(Cc2ccccn2)cs1)C(=O)c1nc[nH]n1. The highest BCUT2D eigenvalue weighted by molar-refractivity contribution is 7.09. The number of H-pyrrole nitrogens is 1. The monoisotopic (exact) mass is 313 g/mol. The lowest BCUT2D eigenvalue weighted by atomic mass is 10.2. The van der Waals surface area contributed by atoms with Gasteiger partial charge in [-0.2, -0.15) is 0 Å². The molecule has 0 bridgehead atoms. The first-order valence-corrected chi connectivity index (χ1v) is 7.37. The second-order valence-corrected chi connectivity index (χ2v) is 5.42. The lowest BCUT2D eigenvalue weighted by Gasteiger charge is -1.96. The van der Waals surface area contributed by atoms with Crippen LogP contribution in [0, 0.1) is 0 Å². The molecular formula is C14H11N5O2S. The van der Waals surface area contributed by atoms with E-state index in [0.29, 0.717) is 11.4 Å². The normalized spacial score (nSPS) is 10.5. The molecule has 0 unspecified atom stereocenters. The predicted octanol–water partition coefficient (Wildman–Crippen LogP) is 1.24. The van der Waals surface area contributed by atoms with Gasteiger partial charge in [0.2, 0.25) is 11.6 Å². The maximum absolute atomic E-state index is 11.9. The van der Waals surface area contributed by atoms with Crippen LogP contribution >= 0.6 is 11.3 Å². The van der Waals surface area contributed by atoms with Crippen LogP contribution in [-0.4, -0.2) is 36.7 Å². The van der Waals surface area contributed by atoms with Crippen LogP contribution in [0.1, 0.15) is 27.0 Å². The molecule has 0 aliphatic rings. The van der Waals surface area contributed by atoms with E-state index < -0.39 is 11.6 Å². The van der Waals surface area contributed by atoms with Crippen molar-refractivity contribution in [2.75, 3.05) is 0 Å². The standard InChI is InChI=1S/C14H11N5O2S/c20-11(13(21)14-16-8-17-19-14)6-12-18-10(7-22-12)5-9-3-1-2-4-15-9/h1-4,7-8H,5-6H2,(H,16,17,19). The van der Waals surface area contributed by atoms with Crippen molar-refractivity contribution in [1.29, 1.82) is 0 Å². The zero-order valence-corrected chi connectivity index (χ0v) is 12.2. The van der Waals surface area contributed by atoms with Gasteiger partial charge in [0, 0.05) is 23.7 Å². The molecule has 22 heavy (non-hydrogen) atoms. The number of rotatable bonds is 6. The summed E-state index contributed by atoms with van der Waals surface area (Å²) in [6.45, 7) is 0. The lowest BCUT2D eigenvalue weighted by molar-refractivity contribution is -0.114. The number of aromatic amines is 1. The van der Waals surface area contributed by atoms with Crippen molar-refractivity contribution in [3.63, 3.8) is 0 Å². The minimum atomic E-state index is -0.706. The molecule has 0 aliphatic carbocycles. The highest BCUT2D eigenvalue weighted by Gasteiger charge is 2.21. The van der Waals surface area contributed by atoms with Crippen LogP contribution in [0.2, 0.25) is 0 Å². The Morgan fingerprint density at radius 1 is 1.18 bits per heavy atom. The summed E-state index contributed by atoms with van der Waals surface area (Å²) in [5, 5.41) is 8.48. The van der Waals surface area contributed by atoms with Crippen LogP contribution in [0.3, 0.4) is 0 Å². The fourth-order valence-electron chi connectivity index (χ4n) is 1.86. The van der Waals surface area contributed by atoms with E-state index in [1.807, 2.05) is 23.6 Å². The van der Waals surface area contributed by atoms with Crippen LogP contribution in [0.4, 0.5) is 0 Å². The van der Waals surface area contributed by atoms with Crippen molar-refractivity contribution in [2.45, 2.75) is 12.8 Å². The van der Waals surface area contributed by atoms with Gasteiger partial charge >= 0.3 is 0 Å². The number of nitrogens with one attached hydrogen (secondary N) is 1. The number of hydrogen-bond acceptors (Lipinski definition) is 7. The second-order valence-electron chi connectivity index (χ2n) is 4.48. The van der Waals surface area contributed by atoms with Crippen LogP contribution in [0.5, 0.6) is 0 Å². The smallest absolute Gasteiger partial charge is 0.268 e. The summed E-state index contributed by atoms with van der Waals surface area (Å²) in [6.07, 6.45) is 3.54. The fraction of sp³-hybridized carbons (Fsp3) is 0.143. The summed E-state index contributed by atoms with van der Waals surface area (Å²) in [5.41, 5.74) is 1.74.